The molecule has 30 heavy (non-hydrogen) atoms. The van der Waals surface area contributed by atoms with E-state index in [1.165, 1.54) is 102 Å². The lowest BCUT2D eigenvalue weighted by molar-refractivity contribution is -0.136. The molecule has 0 heterocycles. The van der Waals surface area contributed by atoms with Gasteiger partial charge < -0.3 is 5.11 Å². The van der Waals surface area contributed by atoms with Crippen LogP contribution < -0.4 is 0 Å². The Hall–Kier alpha value is -0.780. The van der Waals surface area contributed by atoms with Crippen molar-refractivity contribution in [2.75, 3.05) is 0 Å². The van der Waals surface area contributed by atoms with Crippen molar-refractivity contribution in [3.63, 3.8) is 0 Å². The van der Waals surface area contributed by atoms with E-state index in [4.69, 9.17) is 5.11 Å². The first kappa shape index (κ1) is 27.3. The van der Waals surface area contributed by atoms with Crippen LogP contribution in [0.1, 0.15) is 121 Å². The third kappa shape index (κ3) is 14.3. The second-order valence-electron chi connectivity index (χ2n) is 8.63. The molecule has 0 aliphatic rings. The minimum absolute atomic E-state index is 0.0237. The average Bonchev–Trinajstić information content (AvgIpc) is 2.73. The third-order valence-corrected chi connectivity index (χ3v) is 7.38. The second-order valence-corrected chi connectivity index (χ2v) is 10.2. The molecule has 0 unspecified atom stereocenters. The summed E-state index contributed by atoms with van der Waals surface area (Å²) in [6, 6.07) is 5.83. The molecular formula is C26H43IO3. The van der Waals surface area contributed by atoms with Gasteiger partial charge in [0.05, 0.1) is 9.99 Å². The largest absolute Gasteiger partial charge is 0.481 e. The molecule has 0 amide bonds. The smallest absolute Gasteiger partial charge is 0.307 e. The SMILES string of the molecule is CCCCCCCCCCCCCCCCCCc1ccc(I=O)c(CC(=O)O)c1. The number of carboxylic acid groups (broad SMARTS) is 1. The molecule has 0 atom stereocenters. The van der Waals surface area contributed by atoms with Gasteiger partial charge in [0.2, 0.25) is 0 Å². The van der Waals surface area contributed by atoms with Gasteiger partial charge in [0.15, 0.2) is 21.2 Å². The van der Waals surface area contributed by atoms with E-state index < -0.39 is 27.2 Å². The quantitative estimate of drug-likeness (QED) is 0.136. The predicted octanol–water partition coefficient (Wildman–Crippen LogP) is 8.60. The van der Waals surface area contributed by atoms with Crippen molar-refractivity contribution >= 4 is 27.2 Å². The number of aliphatic carboxylic acids is 1. The van der Waals surface area contributed by atoms with Crippen LogP contribution in [0.15, 0.2) is 18.2 Å². The van der Waals surface area contributed by atoms with Crippen molar-refractivity contribution in [3.8, 4) is 0 Å². The maximum absolute atomic E-state index is 11.3. The summed E-state index contributed by atoms with van der Waals surface area (Å²) >= 11 is -1.31. The molecule has 1 N–H and O–H groups in total. The van der Waals surface area contributed by atoms with Crippen LogP contribution >= 0.6 is 21.2 Å². The van der Waals surface area contributed by atoms with E-state index >= 15 is 0 Å². The van der Waals surface area contributed by atoms with Gasteiger partial charge in [-0.15, -0.1) is 0 Å². The number of aryl methyl sites for hydroxylation is 1. The summed E-state index contributed by atoms with van der Waals surface area (Å²) in [5.41, 5.74) is 1.91. The second kappa shape index (κ2) is 18.9. The highest BCUT2D eigenvalue weighted by atomic mass is 127. The topological polar surface area (TPSA) is 54.4 Å². The predicted molar refractivity (Wildman–Crippen MR) is 134 cm³/mol. The fourth-order valence-electron chi connectivity index (χ4n) is 4.03. The van der Waals surface area contributed by atoms with Gasteiger partial charge in [-0.3, -0.25) is 7.86 Å². The highest BCUT2D eigenvalue weighted by molar-refractivity contribution is 14.1. The molecule has 0 fully saturated rings. The molecule has 1 aromatic rings. The van der Waals surface area contributed by atoms with Gasteiger partial charge >= 0.3 is 5.97 Å². The minimum atomic E-state index is -1.31. The molecular weight excluding hydrogens is 487 g/mol. The zero-order valence-electron chi connectivity index (χ0n) is 19.1. The van der Waals surface area contributed by atoms with Crippen LogP contribution in [0.4, 0.5) is 0 Å². The summed E-state index contributed by atoms with van der Waals surface area (Å²) in [7, 11) is 0. The number of halogens is 1. The summed E-state index contributed by atoms with van der Waals surface area (Å²) in [6.07, 6.45) is 22.9. The van der Waals surface area contributed by atoms with Crippen molar-refractivity contribution in [1.29, 1.82) is 0 Å². The molecule has 0 saturated heterocycles. The number of carboxylic acids is 1. The van der Waals surface area contributed by atoms with Crippen LogP contribution in [0.2, 0.25) is 0 Å². The maximum Gasteiger partial charge on any atom is 0.307 e. The Morgan fingerprint density at radius 2 is 1.23 bits per heavy atom. The molecule has 0 aromatic heterocycles. The summed E-state index contributed by atoms with van der Waals surface area (Å²) in [6.45, 7) is 2.28. The van der Waals surface area contributed by atoms with Gasteiger partial charge in [-0.05, 0) is 30.0 Å². The molecule has 0 aliphatic carbocycles. The van der Waals surface area contributed by atoms with Crippen molar-refractivity contribution in [1.82, 2.24) is 0 Å². The summed E-state index contributed by atoms with van der Waals surface area (Å²) in [4.78, 5) is 11.0. The van der Waals surface area contributed by atoms with E-state index in [0.29, 0.717) is 0 Å². The van der Waals surface area contributed by atoms with Crippen molar-refractivity contribution < 1.29 is 13.0 Å². The fraction of sp³-hybridized carbons (Fsp3) is 0.731. The highest BCUT2D eigenvalue weighted by Gasteiger charge is 2.08. The van der Waals surface area contributed by atoms with Crippen LogP contribution in [0.5, 0.6) is 0 Å². The Bertz CT molecular complexity index is 586. The molecule has 0 bridgehead atoms. The van der Waals surface area contributed by atoms with E-state index in [1.807, 2.05) is 18.2 Å². The monoisotopic (exact) mass is 530 g/mol. The summed E-state index contributed by atoms with van der Waals surface area (Å²) in [5, 5.41) is 9.01. The van der Waals surface area contributed by atoms with Crippen LogP contribution in [-0.2, 0) is 20.7 Å². The number of unbranched alkanes of at least 4 members (excludes halogenated alkanes) is 15. The van der Waals surface area contributed by atoms with Gasteiger partial charge in [0.1, 0.15) is 0 Å². The molecule has 0 spiro atoms. The third-order valence-electron chi connectivity index (χ3n) is 5.85. The van der Waals surface area contributed by atoms with Gasteiger partial charge in [-0.1, -0.05) is 115 Å². The first-order valence-electron chi connectivity index (χ1n) is 12.3. The van der Waals surface area contributed by atoms with E-state index in [0.717, 1.165) is 22.0 Å². The lowest BCUT2D eigenvalue weighted by Crippen LogP contribution is -2.03. The standard InChI is InChI=1S/C26H43IO3/c1-2-3-4-5-6-7-8-9-10-11-12-13-14-15-16-17-18-23-19-20-25(27-30)24(21-23)22-26(28)29/h19-21H,2-18,22H2,1H3,(H,28,29). The van der Waals surface area contributed by atoms with Gasteiger partial charge in [0.25, 0.3) is 0 Å². The highest BCUT2D eigenvalue weighted by Crippen LogP contribution is 2.20. The van der Waals surface area contributed by atoms with E-state index in [9.17, 15) is 7.86 Å². The van der Waals surface area contributed by atoms with Crippen molar-refractivity contribution in [2.24, 2.45) is 0 Å². The number of rotatable bonds is 20. The Labute approximate surface area is 195 Å². The van der Waals surface area contributed by atoms with E-state index in [1.54, 1.807) is 0 Å². The molecule has 1 aromatic carbocycles. The molecule has 0 radical (unpaired) electrons. The Balaban J connectivity index is 1.96. The fourth-order valence-corrected chi connectivity index (χ4v) is 4.99. The van der Waals surface area contributed by atoms with Gasteiger partial charge in [-0.2, -0.15) is 0 Å². The number of hydrogen-bond donors (Lipinski definition) is 1. The first-order valence-corrected chi connectivity index (χ1v) is 14.2. The molecule has 0 saturated carbocycles. The van der Waals surface area contributed by atoms with Crippen LogP contribution in [0, 0.1) is 3.57 Å². The zero-order valence-corrected chi connectivity index (χ0v) is 21.3. The van der Waals surface area contributed by atoms with Gasteiger partial charge in [-0.25, -0.2) is 0 Å². The van der Waals surface area contributed by atoms with E-state index in [-0.39, 0.29) is 6.42 Å². The number of carbonyl (C=O) groups is 1. The van der Waals surface area contributed by atoms with Crippen molar-refractivity contribution in [2.45, 2.75) is 122 Å². The van der Waals surface area contributed by atoms with Crippen LogP contribution in [0.3, 0.4) is 0 Å². The normalized spacial score (nSPS) is 11.1. The molecule has 3 nitrogen and oxygen atoms in total. The number of benzene rings is 1. The van der Waals surface area contributed by atoms with Gasteiger partial charge in [0, 0.05) is 0 Å². The molecule has 1 rings (SSSR count). The van der Waals surface area contributed by atoms with Crippen LogP contribution in [0.25, 0.3) is 0 Å². The maximum atomic E-state index is 11.3. The first-order chi connectivity index (χ1) is 14.7. The van der Waals surface area contributed by atoms with Crippen molar-refractivity contribution in [3.05, 3.63) is 32.9 Å². The Morgan fingerprint density at radius 3 is 1.67 bits per heavy atom. The Morgan fingerprint density at radius 1 is 0.767 bits per heavy atom. The molecule has 0 aliphatic heterocycles. The lowest BCUT2D eigenvalue weighted by atomic mass is 10.0. The van der Waals surface area contributed by atoms with E-state index in [2.05, 4.69) is 6.92 Å². The average molecular weight is 531 g/mol. The molecule has 172 valence electrons. The zero-order chi connectivity index (χ0) is 21.9. The lowest BCUT2D eigenvalue weighted by Gasteiger charge is -2.07. The molecule has 4 heteroatoms. The van der Waals surface area contributed by atoms with Crippen LogP contribution in [-0.4, -0.2) is 11.1 Å². The summed E-state index contributed by atoms with van der Waals surface area (Å²) < 4.78 is 12.0. The number of hydrogen-bond acceptors (Lipinski definition) is 2. The summed E-state index contributed by atoms with van der Waals surface area (Å²) in [5.74, 6) is -0.853. The minimum Gasteiger partial charge on any atom is -0.481 e. The Kier molecular flexibility index (Phi) is 17.2.